The lowest BCUT2D eigenvalue weighted by atomic mass is 10.1. The lowest BCUT2D eigenvalue weighted by molar-refractivity contribution is -0.122. The van der Waals surface area contributed by atoms with Gasteiger partial charge in [0.1, 0.15) is 5.82 Å². The first-order chi connectivity index (χ1) is 9.90. The van der Waals surface area contributed by atoms with Crippen LogP contribution in [0.4, 0.5) is 4.39 Å². The Labute approximate surface area is 122 Å². The third-order valence-corrected chi connectivity index (χ3v) is 2.46. The second kappa shape index (κ2) is 7.99. The summed E-state index contributed by atoms with van der Waals surface area (Å²) in [5.41, 5.74) is 16.5. The van der Waals surface area contributed by atoms with E-state index < -0.39 is 17.6 Å². The van der Waals surface area contributed by atoms with E-state index in [1.807, 2.05) is 0 Å². The molecule has 0 aliphatic carbocycles. The van der Waals surface area contributed by atoms with E-state index in [1.165, 1.54) is 17.0 Å². The van der Waals surface area contributed by atoms with E-state index in [4.69, 9.17) is 17.2 Å². The Balaban J connectivity index is 2.94. The predicted molar refractivity (Wildman–Crippen MR) is 76.0 cm³/mol. The zero-order chi connectivity index (χ0) is 15.8. The molecule has 0 heterocycles. The van der Waals surface area contributed by atoms with Gasteiger partial charge in [0.05, 0.1) is 19.6 Å². The van der Waals surface area contributed by atoms with Crippen LogP contribution in [0.3, 0.4) is 0 Å². The standard InChI is InChI=1S/C14H17FN4O2/c15-12-5-10(2-1-3-16)4-11(6-12)7-19(8-13(17)20)9-14(18)21/h4-6H,3,7-9,16H2,(H2,17,20)(H2,18,21). The van der Waals surface area contributed by atoms with Crippen molar-refractivity contribution in [2.45, 2.75) is 6.54 Å². The van der Waals surface area contributed by atoms with Gasteiger partial charge in [-0.05, 0) is 23.8 Å². The van der Waals surface area contributed by atoms with Gasteiger partial charge in [0, 0.05) is 12.1 Å². The normalized spacial score (nSPS) is 10.0. The van der Waals surface area contributed by atoms with Crippen LogP contribution in [0.5, 0.6) is 0 Å². The highest BCUT2D eigenvalue weighted by Crippen LogP contribution is 2.11. The van der Waals surface area contributed by atoms with Crippen LogP contribution in [0.1, 0.15) is 11.1 Å². The van der Waals surface area contributed by atoms with E-state index in [0.717, 1.165) is 0 Å². The van der Waals surface area contributed by atoms with Crippen LogP contribution in [-0.2, 0) is 16.1 Å². The maximum absolute atomic E-state index is 13.5. The van der Waals surface area contributed by atoms with Crippen LogP contribution in [0.25, 0.3) is 0 Å². The minimum absolute atomic E-state index is 0.150. The fourth-order valence-corrected chi connectivity index (χ4v) is 1.83. The molecule has 0 saturated carbocycles. The molecule has 112 valence electrons. The number of primary amides is 2. The predicted octanol–water partition coefficient (Wildman–Crippen LogP) is -1.09. The van der Waals surface area contributed by atoms with Gasteiger partial charge in [0.15, 0.2) is 0 Å². The van der Waals surface area contributed by atoms with Crippen molar-refractivity contribution in [1.82, 2.24) is 4.90 Å². The quantitative estimate of drug-likeness (QED) is 0.578. The molecule has 7 heteroatoms. The molecule has 2 amide bonds. The molecule has 1 aromatic carbocycles. The summed E-state index contributed by atoms with van der Waals surface area (Å²) in [5.74, 6) is 3.68. The van der Waals surface area contributed by atoms with E-state index in [9.17, 15) is 14.0 Å². The van der Waals surface area contributed by atoms with Gasteiger partial charge in [-0.3, -0.25) is 14.5 Å². The summed E-state index contributed by atoms with van der Waals surface area (Å²) in [6.45, 7) is 0.0226. The maximum Gasteiger partial charge on any atom is 0.231 e. The molecule has 0 saturated heterocycles. The Morgan fingerprint density at radius 2 is 1.76 bits per heavy atom. The fourth-order valence-electron chi connectivity index (χ4n) is 1.83. The number of halogens is 1. The molecule has 1 rings (SSSR count). The summed E-state index contributed by atoms with van der Waals surface area (Å²) in [5, 5.41) is 0. The van der Waals surface area contributed by atoms with Gasteiger partial charge in [-0.15, -0.1) is 0 Å². The first kappa shape index (κ1) is 16.6. The lowest BCUT2D eigenvalue weighted by Crippen LogP contribution is -2.39. The van der Waals surface area contributed by atoms with E-state index >= 15 is 0 Å². The lowest BCUT2D eigenvalue weighted by Gasteiger charge is -2.19. The minimum atomic E-state index is -0.601. The van der Waals surface area contributed by atoms with Crippen molar-refractivity contribution in [2.75, 3.05) is 19.6 Å². The minimum Gasteiger partial charge on any atom is -0.369 e. The molecule has 0 spiro atoms. The summed E-state index contributed by atoms with van der Waals surface area (Å²) in [7, 11) is 0. The number of benzene rings is 1. The second-order valence-electron chi connectivity index (χ2n) is 4.43. The van der Waals surface area contributed by atoms with E-state index in [2.05, 4.69) is 11.8 Å². The monoisotopic (exact) mass is 292 g/mol. The van der Waals surface area contributed by atoms with Crippen molar-refractivity contribution in [3.05, 3.63) is 35.1 Å². The van der Waals surface area contributed by atoms with Gasteiger partial charge in [0.25, 0.3) is 0 Å². The Hall–Kier alpha value is -2.43. The molecule has 0 aliphatic rings. The zero-order valence-corrected chi connectivity index (χ0v) is 11.4. The number of nitrogens with two attached hydrogens (primary N) is 3. The van der Waals surface area contributed by atoms with Crippen LogP contribution in [0, 0.1) is 17.7 Å². The second-order valence-corrected chi connectivity index (χ2v) is 4.43. The number of amides is 2. The molecule has 6 N–H and O–H groups in total. The Morgan fingerprint density at radius 1 is 1.14 bits per heavy atom. The number of rotatable bonds is 6. The summed E-state index contributed by atoms with van der Waals surface area (Å²) >= 11 is 0. The largest absolute Gasteiger partial charge is 0.369 e. The van der Waals surface area contributed by atoms with E-state index in [-0.39, 0.29) is 26.2 Å². The number of nitrogens with zero attached hydrogens (tertiary/aromatic N) is 1. The van der Waals surface area contributed by atoms with Crippen molar-refractivity contribution in [1.29, 1.82) is 0 Å². The summed E-state index contributed by atoms with van der Waals surface area (Å²) in [4.78, 5) is 23.4. The Kier molecular flexibility index (Phi) is 6.33. The first-order valence-electron chi connectivity index (χ1n) is 6.18. The van der Waals surface area contributed by atoms with Crippen LogP contribution in [0.15, 0.2) is 18.2 Å². The molecule has 0 aromatic heterocycles. The average Bonchev–Trinajstić information content (AvgIpc) is 2.33. The van der Waals surface area contributed by atoms with Crippen LogP contribution >= 0.6 is 0 Å². The number of hydrogen-bond acceptors (Lipinski definition) is 4. The van der Waals surface area contributed by atoms with E-state index in [1.54, 1.807) is 6.07 Å². The molecular weight excluding hydrogens is 275 g/mol. The highest BCUT2D eigenvalue weighted by molar-refractivity contribution is 5.79. The van der Waals surface area contributed by atoms with Crippen molar-refractivity contribution in [2.24, 2.45) is 17.2 Å². The van der Waals surface area contributed by atoms with Gasteiger partial charge in [0.2, 0.25) is 11.8 Å². The molecule has 0 bridgehead atoms. The van der Waals surface area contributed by atoms with Crippen molar-refractivity contribution < 1.29 is 14.0 Å². The van der Waals surface area contributed by atoms with Crippen molar-refractivity contribution in [3.63, 3.8) is 0 Å². The molecular formula is C14H17FN4O2. The SMILES string of the molecule is NCC#Cc1cc(F)cc(CN(CC(N)=O)CC(N)=O)c1. The number of carbonyl (C=O) groups excluding carboxylic acids is 2. The molecule has 0 radical (unpaired) electrons. The summed E-state index contributed by atoms with van der Waals surface area (Å²) in [6, 6.07) is 4.22. The fraction of sp³-hybridized carbons (Fsp3) is 0.286. The third-order valence-electron chi connectivity index (χ3n) is 2.46. The Morgan fingerprint density at radius 3 is 2.29 bits per heavy atom. The molecule has 0 atom stereocenters. The van der Waals surface area contributed by atoms with Gasteiger partial charge in [-0.1, -0.05) is 11.8 Å². The van der Waals surface area contributed by atoms with Crippen molar-refractivity contribution >= 4 is 11.8 Å². The highest BCUT2D eigenvalue weighted by Gasteiger charge is 2.12. The van der Waals surface area contributed by atoms with Gasteiger partial charge in [-0.2, -0.15) is 0 Å². The van der Waals surface area contributed by atoms with Crippen LogP contribution in [-0.4, -0.2) is 36.3 Å². The third kappa shape index (κ3) is 6.51. The number of carbonyl (C=O) groups is 2. The first-order valence-corrected chi connectivity index (χ1v) is 6.18. The summed E-state index contributed by atoms with van der Waals surface area (Å²) in [6.07, 6.45) is 0. The molecule has 21 heavy (non-hydrogen) atoms. The molecule has 0 fully saturated rings. The summed E-state index contributed by atoms with van der Waals surface area (Å²) < 4.78 is 13.5. The van der Waals surface area contributed by atoms with Crippen molar-refractivity contribution in [3.8, 4) is 11.8 Å². The van der Waals surface area contributed by atoms with Crippen LogP contribution < -0.4 is 17.2 Å². The van der Waals surface area contributed by atoms with Gasteiger partial charge >= 0.3 is 0 Å². The van der Waals surface area contributed by atoms with Crippen LogP contribution in [0.2, 0.25) is 0 Å². The highest BCUT2D eigenvalue weighted by atomic mass is 19.1. The zero-order valence-electron chi connectivity index (χ0n) is 11.4. The number of hydrogen-bond donors (Lipinski definition) is 3. The Bertz CT molecular complexity index is 576. The molecule has 0 aliphatic heterocycles. The topological polar surface area (TPSA) is 115 Å². The molecule has 0 unspecified atom stereocenters. The van der Waals surface area contributed by atoms with Gasteiger partial charge in [-0.25, -0.2) is 4.39 Å². The molecule has 1 aromatic rings. The van der Waals surface area contributed by atoms with Gasteiger partial charge < -0.3 is 17.2 Å². The van der Waals surface area contributed by atoms with E-state index in [0.29, 0.717) is 11.1 Å². The smallest absolute Gasteiger partial charge is 0.231 e. The maximum atomic E-state index is 13.5. The molecule has 6 nitrogen and oxygen atoms in total. The average molecular weight is 292 g/mol.